The van der Waals surface area contributed by atoms with Crippen LogP contribution in [-0.2, 0) is 5.41 Å². The fraction of sp³-hybridized carbons (Fsp3) is 0.333. The zero-order chi connectivity index (χ0) is 16.1. The molecule has 0 unspecified atom stereocenters. The molecule has 0 bridgehead atoms. The van der Waals surface area contributed by atoms with Crippen LogP contribution in [-0.4, -0.2) is 19.1 Å². The van der Waals surface area contributed by atoms with Gasteiger partial charge < -0.3 is 5.73 Å². The standard InChI is InChI=1S/C18H21N3S/c1-18(2,3)12-9-15-17(10-13(12)19)22-16-8-11(21(4)5)6-7-14(16)20-15/h6-10,19H,1-5H3/p+1. The van der Waals surface area contributed by atoms with E-state index in [9.17, 15) is 0 Å². The van der Waals surface area contributed by atoms with E-state index in [2.05, 4.69) is 55.7 Å². The monoisotopic (exact) mass is 312 g/mol. The highest BCUT2D eigenvalue weighted by molar-refractivity contribution is 7.21. The number of nitrogens with zero attached hydrogens (tertiary/aromatic N) is 2. The first kappa shape index (κ1) is 15.0. The lowest BCUT2D eigenvalue weighted by Gasteiger charge is -2.21. The maximum atomic E-state index is 6.27. The first-order valence-electron chi connectivity index (χ1n) is 7.40. The number of benzene rings is 2. The Bertz CT molecular complexity index is 896. The Morgan fingerprint density at radius 1 is 1.09 bits per heavy atom. The van der Waals surface area contributed by atoms with Crippen molar-refractivity contribution in [3.05, 3.63) is 41.3 Å². The van der Waals surface area contributed by atoms with Crippen LogP contribution in [0, 0.1) is 0 Å². The maximum Gasteiger partial charge on any atom is 0.201 e. The molecule has 1 aliphatic heterocycles. The molecule has 2 aliphatic rings. The minimum Gasteiger partial charge on any atom is -0.398 e. The molecule has 22 heavy (non-hydrogen) atoms. The van der Waals surface area contributed by atoms with Gasteiger partial charge in [-0.2, -0.15) is 0 Å². The zero-order valence-corrected chi connectivity index (χ0v) is 14.6. The van der Waals surface area contributed by atoms with E-state index >= 15 is 0 Å². The van der Waals surface area contributed by atoms with Crippen LogP contribution in [0.15, 0.2) is 30.3 Å². The van der Waals surface area contributed by atoms with Crippen LogP contribution in [0.4, 0.5) is 5.69 Å². The van der Waals surface area contributed by atoms with Crippen molar-refractivity contribution >= 4 is 27.2 Å². The molecule has 3 rings (SSSR count). The van der Waals surface area contributed by atoms with E-state index < -0.39 is 0 Å². The van der Waals surface area contributed by atoms with E-state index in [1.165, 1.54) is 10.2 Å². The number of nitrogen functional groups attached to an aromatic ring is 1. The largest absolute Gasteiger partial charge is 0.398 e. The van der Waals surface area contributed by atoms with Crippen LogP contribution in [0.5, 0.6) is 0 Å². The van der Waals surface area contributed by atoms with Gasteiger partial charge in [0.1, 0.15) is 14.1 Å². The Labute approximate surface area is 135 Å². The maximum absolute atomic E-state index is 6.27. The highest BCUT2D eigenvalue weighted by Gasteiger charge is 2.19. The topological polar surface area (TPSA) is 41.9 Å². The van der Waals surface area contributed by atoms with Gasteiger partial charge in [-0.15, -0.1) is 11.3 Å². The van der Waals surface area contributed by atoms with Crippen molar-refractivity contribution in [2.45, 2.75) is 26.2 Å². The van der Waals surface area contributed by atoms with Gasteiger partial charge in [0.2, 0.25) is 5.36 Å². The number of nitrogens with two attached hydrogens (primary N) is 1. The summed E-state index contributed by atoms with van der Waals surface area (Å²) in [6, 6.07) is 10.6. The molecule has 0 amide bonds. The lowest BCUT2D eigenvalue weighted by molar-refractivity contribution is 0.593. The fourth-order valence-electron chi connectivity index (χ4n) is 2.61. The molecule has 1 heterocycles. The smallest absolute Gasteiger partial charge is 0.201 e. The summed E-state index contributed by atoms with van der Waals surface area (Å²) in [7, 11) is 4.10. The number of rotatable bonds is 0. The van der Waals surface area contributed by atoms with Gasteiger partial charge in [0, 0.05) is 17.8 Å². The van der Waals surface area contributed by atoms with E-state index in [0.29, 0.717) is 0 Å². The summed E-state index contributed by atoms with van der Waals surface area (Å²) >= 11 is 1.75. The Kier molecular flexibility index (Phi) is 3.44. The minimum absolute atomic E-state index is 0.0222. The van der Waals surface area contributed by atoms with Gasteiger partial charge >= 0.3 is 0 Å². The van der Waals surface area contributed by atoms with Gasteiger partial charge in [0.15, 0.2) is 0 Å². The van der Waals surface area contributed by atoms with Gasteiger partial charge in [-0.05, 0) is 29.2 Å². The number of hydrogen-bond acceptors (Lipinski definition) is 3. The molecule has 0 saturated heterocycles. The van der Waals surface area contributed by atoms with Gasteiger partial charge in [-0.25, -0.2) is 9.56 Å². The average Bonchev–Trinajstić information content (AvgIpc) is 2.42. The molecule has 1 aliphatic carbocycles. The van der Waals surface area contributed by atoms with Crippen molar-refractivity contribution < 1.29 is 0 Å². The lowest BCUT2D eigenvalue weighted by Crippen LogP contribution is -2.21. The van der Waals surface area contributed by atoms with Crippen LogP contribution in [0.3, 0.4) is 0 Å². The number of fused-ring (bicyclic) bond motifs is 2. The summed E-state index contributed by atoms with van der Waals surface area (Å²) in [6.07, 6.45) is 0. The number of aromatic nitrogens is 1. The molecule has 4 heteroatoms. The van der Waals surface area contributed by atoms with Crippen molar-refractivity contribution in [2.24, 2.45) is 0 Å². The van der Waals surface area contributed by atoms with Crippen molar-refractivity contribution in [1.29, 1.82) is 0 Å². The summed E-state index contributed by atoms with van der Waals surface area (Å²) in [6.45, 7) is 6.54. The molecular weight excluding hydrogens is 290 g/mol. The highest BCUT2D eigenvalue weighted by Crippen LogP contribution is 2.35. The Morgan fingerprint density at radius 2 is 1.82 bits per heavy atom. The zero-order valence-electron chi connectivity index (χ0n) is 13.8. The number of anilines is 1. The molecule has 1 aromatic rings. The Hall–Kier alpha value is -1.94. The van der Waals surface area contributed by atoms with Gasteiger partial charge in [0.05, 0.1) is 20.8 Å². The Morgan fingerprint density at radius 3 is 2.45 bits per heavy atom. The molecule has 0 spiro atoms. The summed E-state index contributed by atoms with van der Waals surface area (Å²) in [5.74, 6) is 0. The SMILES string of the molecule is C[N+](C)=c1ccc2nc3cc(C(C)(C)C)c(N)cc3sc-2c1. The quantitative estimate of drug-likeness (QED) is 0.393. The van der Waals surface area contributed by atoms with Crippen molar-refractivity contribution in [3.8, 4) is 10.6 Å². The van der Waals surface area contributed by atoms with Crippen LogP contribution < -0.4 is 15.7 Å². The molecule has 0 aromatic heterocycles. The molecule has 3 nitrogen and oxygen atoms in total. The van der Waals surface area contributed by atoms with Crippen LogP contribution >= 0.6 is 11.3 Å². The molecule has 0 radical (unpaired) electrons. The predicted molar refractivity (Wildman–Crippen MR) is 96.5 cm³/mol. The third kappa shape index (κ3) is 2.59. The van der Waals surface area contributed by atoms with E-state index in [0.717, 1.165) is 27.2 Å². The van der Waals surface area contributed by atoms with Crippen molar-refractivity contribution in [1.82, 2.24) is 9.56 Å². The fourth-order valence-corrected chi connectivity index (χ4v) is 3.64. The molecule has 0 saturated carbocycles. The third-order valence-electron chi connectivity index (χ3n) is 3.86. The molecule has 0 atom stereocenters. The van der Waals surface area contributed by atoms with E-state index in [1.54, 1.807) is 11.3 Å². The Balaban J connectivity index is 2.34. The molecule has 0 fully saturated rings. The average molecular weight is 312 g/mol. The van der Waals surface area contributed by atoms with Crippen molar-refractivity contribution in [3.63, 3.8) is 0 Å². The second-order valence-corrected chi connectivity index (χ2v) is 8.00. The second-order valence-electron chi connectivity index (χ2n) is 6.92. The van der Waals surface area contributed by atoms with Gasteiger partial charge in [0.25, 0.3) is 0 Å². The predicted octanol–water partition coefficient (Wildman–Crippen LogP) is 3.31. The van der Waals surface area contributed by atoms with Crippen LogP contribution in [0.2, 0.25) is 0 Å². The van der Waals surface area contributed by atoms with E-state index in [1.807, 2.05) is 14.1 Å². The first-order chi connectivity index (χ1) is 10.3. The number of hydrogen-bond donors (Lipinski definition) is 1. The summed E-state index contributed by atoms with van der Waals surface area (Å²) < 4.78 is 3.24. The van der Waals surface area contributed by atoms with E-state index in [-0.39, 0.29) is 5.41 Å². The summed E-state index contributed by atoms with van der Waals surface area (Å²) in [5.41, 5.74) is 10.3. The third-order valence-corrected chi connectivity index (χ3v) is 4.95. The first-order valence-corrected chi connectivity index (χ1v) is 8.22. The van der Waals surface area contributed by atoms with Gasteiger partial charge in [-0.3, -0.25) is 0 Å². The van der Waals surface area contributed by atoms with Gasteiger partial charge in [-0.1, -0.05) is 20.8 Å². The molecular formula is C18H22N3S+. The highest BCUT2D eigenvalue weighted by atomic mass is 32.1. The summed E-state index contributed by atoms with van der Waals surface area (Å²) in [5, 5.41) is 1.18. The van der Waals surface area contributed by atoms with E-state index in [4.69, 9.17) is 10.7 Å². The second kappa shape index (κ2) is 5.06. The van der Waals surface area contributed by atoms with Crippen LogP contribution in [0.1, 0.15) is 26.3 Å². The molecule has 1 aromatic carbocycles. The van der Waals surface area contributed by atoms with Crippen molar-refractivity contribution in [2.75, 3.05) is 19.8 Å². The summed E-state index contributed by atoms with van der Waals surface area (Å²) in [4.78, 5) is 6.01. The minimum atomic E-state index is 0.0222. The lowest BCUT2D eigenvalue weighted by atomic mass is 9.86. The molecule has 114 valence electrons. The molecule has 2 N–H and O–H groups in total. The normalized spacial score (nSPS) is 12.0. The van der Waals surface area contributed by atoms with Crippen LogP contribution in [0.25, 0.3) is 20.8 Å².